The zero-order valence-corrected chi connectivity index (χ0v) is 11.9. The van der Waals surface area contributed by atoms with E-state index >= 15 is 0 Å². The summed E-state index contributed by atoms with van der Waals surface area (Å²) < 4.78 is 0. The van der Waals surface area contributed by atoms with E-state index in [0.29, 0.717) is 12.8 Å². The highest BCUT2D eigenvalue weighted by Crippen LogP contribution is 2.41. The first kappa shape index (κ1) is 14.0. The molecule has 1 heterocycles. The number of amides is 2. The van der Waals surface area contributed by atoms with Crippen molar-refractivity contribution in [3.05, 3.63) is 33.3 Å². The zero-order valence-electron chi connectivity index (χ0n) is 11.1. The molecule has 110 valence electrons. The number of hydrogen-bond acceptors (Lipinski definition) is 4. The third kappa shape index (κ3) is 2.19. The predicted octanol–water partition coefficient (Wildman–Crippen LogP) is 2.93. The lowest BCUT2D eigenvalue weighted by Crippen LogP contribution is -2.30. The number of imide groups is 1. The first-order valence-corrected chi connectivity index (χ1v) is 7.20. The van der Waals surface area contributed by atoms with Crippen LogP contribution in [-0.4, -0.2) is 16.7 Å². The lowest BCUT2D eigenvalue weighted by atomic mass is 9.81. The van der Waals surface area contributed by atoms with E-state index in [-0.39, 0.29) is 40.0 Å². The number of carbonyl (C=O) groups is 2. The van der Waals surface area contributed by atoms with Crippen LogP contribution in [0.1, 0.15) is 25.7 Å². The molecule has 0 radical (unpaired) electrons. The number of benzene rings is 1. The highest BCUT2D eigenvalue weighted by molar-refractivity contribution is 6.33. The molecule has 0 spiro atoms. The van der Waals surface area contributed by atoms with Crippen LogP contribution < -0.4 is 4.90 Å². The molecule has 3 rings (SSSR count). The van der Waals surface area contributed by atoms with Crippen molar-refractivity contribution in [2.75, 3.05) is 4.90 Å². The van der Waals surface area contributed by atoms with Crippen molar-refractivity contribution in [1.29, 1.82) is 0 Å². The molecule has 1 aliphatic heterocycles. The zero-order chi connectivity index (χ0) is 15.1. The third-order valence-corrected chi connectivity index (χ3v) is 4.55. The highest BCUT2D eigenvalue weighted by atomic mass is 35.5. The second-order valence-electron chi connectivity index (χ2n) is 5.40. The van der Waals surface area contributed by atoms with E-state index in [1.807, 2.05) is 0 Å². The predicted molar refractivity (Wildman–Crippen MR) is 76.0 cm³/mol. The molecule has 2 atom stereocenters. The summed E-state index contributed by atoms with van der Waals surface area (Å²) in [5.41, 5.74) is -0.0693. The van der Waals surface area contributed by atoms with Gasteiger partial charge in [-0.25, -0.2) is 4.90 Å². The van der Waals surface area contributed by atoms with Gasteiger partial charge < -0.3 is 0 Å². The standard InChI is InChI=1S/C14H13ClN2O4/c15-11-6-5-8(7-12(11)17(20)21)16-13(18)9-3-1-2-4-10(9)14(16)19/h5-7,9-10H,1-4H2/t9-,10+. The molecule has 2 amide bonds. The molecule has 0 N–H and O–H groups in total. The Hall–Kier alpha value is -1.95. The van der Waals surface area contributed by atoms with E-state index in [4.69, 9.17) is 11.6 Å². The van der Waals surface area contributed by atoms with E-state index in [0.717, 1.165) is 17.7 Å². The number of halogens is 1. The summed E-state index contributed by atoms with van der Waals surface area (Å²) in [6, 6.07) is 4.01. The minimum atomic E-state index is -0.621. The van der Waals surface area contributed by atoms with Gasteiger partial charge in [0, 0.05) is 6.07 Å². The third-order valence-electron chi connectivity index (χ3n) is 4.23. The van der Waals surface area contributed by atoms with Crippen molar-refractivity contribution >= 4 is 34.8 Å². The molecular formula is C14H13ClN2O4. The summed E-state index contributed by atoms with van der Waals surface area (Å²) >= 11 is 5.76. The van der Waals surface area contributed by atoms with E-state index < -0.39 is 4.92 Å². The lowest BCUT2D eigenvalue weighted by Gasteiger charge is -2.19. The van der Waals surface area contributed by atoms with E-state index in [2.05, 4.69) is 0 Å². The SMILES string of the molecule is O=C1[C@H]2CCCC[C@H]2C(=O)N1c1ccc(Cl)c([N+](=O)[O-])c1. The quantitative estimate of drug-likeness (QED) is 0.478. The summed E-state index contributed by atoms with van der Waals surface area (Å²) in [5, 5.41) is 10.9. The Labute approximate surface area is 125 Å². The van der Waals surface area contributed by atoms with Gasteiger partial charge in [-0.15, -0.1) is 0 Å². The van der Waals surface area contributed by atoms with Crippen molar-refractivity contribution in [2.24, 2.45) is 11.8 Å². The second kappa shape index (κ2) is 5.11. The van der Waals surface area contributed by atoms with Gasteiger partial charge in [-0.05, 0) is 25.0 Å². The second-order valence-corrected chi connectivity index (χ2v) is 5.81. The smallest absolute Gasteiger partial charge is 0.274 e. The number of carbonyl (C=O) groups excluding carboxylic acids is 2. The van der Waals surface area contributed by atoms with Crippen LogP contribution in [0.5, 0.6) is 0 Å². The van der Waals surface area contributed by atoms with Crippen molar-refractivity contribution in [1.82, 2.24) is 0 Å². The fourth-order valence-electron chi connectivity index (χ4n) is 3.20. The molecule has 0 bridgehead atoms. The Bertz CT molecular complexity index is 622. The van der Waals surface area contributed by atoms with Crippen LogP contribution >= 0.6 is 11.6 Å². The Balaban J connectivity index is 2.00. The molecule has 2 aliphatic rings. The van der Waals surface area contributed by atoms with Crippen LogP contribution in [0.25, 0.3) is 0 Å². The Morgan fingerprint density at radius 1 is 1.14 bits per heavy atom. The van der Waals surface area contributed by atoms with Crippen molar-refractivity contribution < 1.29 is 14.5 Å². The highest BCUT2D eigenvalue weighted by Gasteiger charge is 2.48. The number of rotatable bonds is 2. The fraction of sp³-hybridized carbons (Fsp3) is 0.429. The van der Waals surface area contributed by atoms with Crippen LogP contribution in [0.3, 0.4) is 0 Å². The molecule has 7 heteroatoms. The molecule has 21 heavy (non-hydrogen) atoms. The molecule has 6 nitrogen and oxygen atoms in total. The molecule has 1 saturated carbocycles. The van der Waals surface area contributed by atoms with Crippen LogP contribution in [-0.2, 0) is 9.59 Å². The lowest BCUT2D eigenvalue weighted by molar-refractivity contribution is -0.384. The average molecular weight is 309 g/mol. The Morgan fingerprint density at radius 3 is 2.24 bits per heavy atom. The molecule has 1 saturated heterocycles. The summed E-state index contributed by atoms with van der Waals surface area (Å²) in [4.78, 5) is 36.2. The molecule has 0 aromatic heterocycles. The number of anilines is 1. The maximum atomic E-state index is 12.4. The molecule has 1 aliphatic carbocycles. The maximum Gasteiger partial charge on any atom is 0.289 e. The summed E-state index contributed by atoms with van der Waals surface area (Å²) in [5.74, 6) is -1.05. The maximum absolute atomic E-state index is 12.4. The van der Waals surface area contributed by atoms with Gasteiger partial charge in [0.1, 0.15) is 5.02 Å². The van der Waals surface area contributed by atoms with Gasteiger partial charge in [-0.2, -0.15) is 0 Å². The molecule has 1 aromatic rings. The van der Waals surface area contributed by atoms with Crippen molar-refractivity contribution in [3.8, 4) is 0 Å². The van der Waals surface area contributed by atoms with Gasteiger partial charge in [0.15, 0.2) is 0 Å². The van der Waals surface area contributed by atoms with Gasteiger partial charge in [0.2, 0.25) is 11.8 Å². The first-order chi connectivity index (χ1) is 10.0. The van der Waals surface area contributed by atoms with Gasteiger partial charge in [0.25, 0.3) is 5.69 Å². The normalized spacial score (nSPS) is 25.1. The number of hydrogen-bond donors (Lipinski definition) is 0. The molecule has 0 unspecified atom stereocenters. The summed E-state index contributed by atoms with van der Waals surface area (Å²) in [6.07, 6.45) is 3.30. The van der Waals surface area contributed by atoms with Crippen LogP contribution in [0.15, 0.2) is 18.2 Å². The first-order valence-electron chi connectivity index (χ1n) is 6.82. The Kier molecular flexibility index (Phi) is 3.41. The molecule has 2 fully saturated rings. The van der Waals surface area contributed by atoms with Crippen LogP contribution in [0.2, 0.25) is 5.02 Å². The van der Waals surface area contributed by atoms with E-state index in [9.17, 15) is 19.7 Å². The van der Waals surface area contributed by atoms with E-state index in [1.54, 1.807) is 0 Å². The van der Waals surface area contributed by atoms with Crippen molar-refractivity contribution in [2.45, 2.75) is 25.7 Å². The Morgan fingerprint density at radius 2 is 1.71 bits per heavy atom. The minimum Gasteiger partial charge on any atom is -0.274 e. The number of nitro benzene ring substituents is 1. The number of fused-ring (bicyclic) bond motifs is 1. The van der Waals surface area contributed by atoms with Gasteiger partial charge in [-0.1, -0.05) is 24.4 Å². The largest absolute Gasteiger partial charge is 0.289 e. The molecule has 1 aromatic carbocycles. The summed E-state index contributed by atoms with van der Waals surface area (Å²) in [7, 11) is 0. The van der Waals surface area contributed by atoms with Gasteiger partial charge >= 0.3 is 0 Å². The number of nitro groups is 1. The average Bonchev–Trinajstić information content (AvgIpc) is 2.72. The summed E-state index contributed by atoms with van der Waals surface area (Å²) in [6.45, 7) is 0. The van der Waals surface area contributed by atoms with Crippen molar-refractivity contribution in [3.63, 3.8) is 0 Å². The molecular weight excluding hydrogens is 296 g/mol. The topological polar surface area (TPSA) is 80.5 Å². The van der Waals surface area contributed by atoms with Crippen LogP contribution in [0, 0.1) is 22.0 Å². The van der Waals surface area contributed by atoms with Gasteiger partial charge in [0.05, 0.1) is 22.4 Å². The monoisotopic (exact) mass is 308 g/mol. The van der Waals surface area contributed by atoms with Crippen LogP contribution in [0.4, 0.5) is 11.4 Å². The van der Waals surface area contributed by atoms with E-state index in [1.165, 1.54) is 18.2 Å². The fourth-order valence-corrected chi connectivity index (χ4v) is 3.38. The van der Waals surface area contributed by atoms with Gasteiger partial charge in [-0.3, -0.25) is 19.7 Å². The minimum absolute atomic E-state index is 0.0136. The number of nitrogens with zero attached hydrogens (tertiary/aromatic N) is 2.